The monoisotopic (exact) mass is 377 g/mol. The van der Waals surface area contributed by atoms with Gasteiger partial charge < -0.3 is 9.47 Å². The smallest absolute Gasteiger partial charge is 0.338 e. The molecule has 0 saturated heterocycles. The van der Waals surface area contributed by atoms with Gasteiger partial charge in [-0.1, -0.05) is 18.2 Å². The number of nitrogens with one attached hydrogen (secondary N) is 1. The van der Waals surface area contributed by atoms with Crippen molar-refractivity contribution in [3.8, 4) is 5.75 Å². The molecule has 0 aliphatic carbocycles. The third-order valence-corrected chi connectivity index (χ3v) is 4.90. The van der Waals surface area contributed by atoms with Gasteiger partial charge >= 0.3 is 5.97 Å². The van der Waals surface area contributed by atoms with E-state index in [4.69, 9.17) is 9.47 Å². The van der Waals surface area contributed by atoms with Crippen LogP contribution < -0.4 is 9.46 Å². The van der Waals surface area contributed by atoms with Crippen LogP contribution in [0.3, 0.4) is 0 Å². The molecule has 0 heterocycles. The molecular weight excluding hydrogens is 358 g/mol. The molecule has 0 unspecified atom stereocenters. The lowest BCUT2D eigenvalue weighted by molar-refractivity contribution is 0.0449. The first-order valence-corrected chi connectivity index (χ1v) is 9.27. The zero-order chi connectivity index (χ0) is 19.2. The van der Waals surface area contributed by atoms with Crippen LogP contribution in [0, 0.1) is 0 Å². The molecule has 0 aliphatic rings. The molecule has 0 amide bonds. The van der Waals surface area contributed by atoms with Gasteiger partial charge in [0.05, 0.1) is 16.0 Å². The summed E-state index contributed by atoms with van der Waals surface area (Å²) in [7, 11) is -2.35. The largest absolute Gasteiger partial charge is 0.489 e. The molecule has 26 heavy (non-hydrogen) atoms. The second-order valence-corrected chi connectivity index (χ2v) is 7.16. The normalized spacial score (nSPS) is 11.0. The maximum Gasteiger partial charge on any atom is 0.338 e. The second kappa shape index (κ2) is 8.59. The topological polar surface area (TPSA) is 98.8 Å². The zero-order valence-corrected chi connectivity index (χ0v) is 15.2. The number of carbonyl (C=O) groups is 2. The van der Waals surface area contributed by atoms with Crippen LogP contribution >= 0.6 is 0 Å². The quantitative estimate of drug-likeness (QED) is 0.429. The number of carbonyl (C=O) groups excluding carboxylic acids is 2. The Morgan fingerprint density at radius 1 is 1.04 bits per heavy atom. The van der Waals surface area contributed by atoms with E-state index in [0.717, 1.165) is 0 Å². The highest BCUT2D eigenvalue weighted by Gasteiger charge is 2.15. The molecule has 0 radical (unpaired) electrons. The number of ether oxygens (including phenoxy) is 2. The fourth-order valence-corrected chi connectivity index (χ4v) is 2.94. The first-order chi connectivity index (χ1) is 12.3. The Morgan fingerprint density at radius 3 is 2.46 bits per heavy atom. The van der Waals surface area contributed by atoms with Crippen LogP contribution in [0.4, 0.5) is 0 Å². The summed E-state index contributed by atoms with van der Waals surface area (Å²) in [5.74, 6) is -0.375. The highest BCUT2D eigenvalue weighted by Crippen LogP contribution is 2.18. The molecule has 7 nitrogen and oxygen atoms in total. The molecule has 8 heteroatoms. The minimum absolute atomic E-state index is 0.0268. The fraction of sp³-hybridized carbons (Fsp3) is 0.222. The van der Waals surface area contributed by atoms with Crippen molar-refractivity contribution < 1.29 is 27.5 Å². The third-order valence-electron chi connectivity index (χ3n) is 3.49. The van der Waals surface area contributed by atoms with E-state index in [1.54, 1.807) is 24.3 Å². The van der Waals surface area contributed by atoms with E-state index in [9.17, 15) is 18.0 Å². The van der Waals surface area contributed by atoms with Gasteiger partial charge in [-0.2, -0.15) is 0 Å². The van der Waals surface area contributed by atoms with Crippen LogP contribution in [0.25, 0.3) is 0 Å². The van der Waals surface area contributed by atoms with Gasteiger partial charge in [-0.05, 0) is 44.3 Å². The van der Waals surface area contributed by atoms with E-state index < -0.39 is 16.0 Å². The van der Waals surface area contributed by atoms with Crippen molar-refractivity contribution in [1.82, 2.24) is 4.72 Å². The van der Waals surface area contributed by atoms with E-state index in [-0.39, 0.29) is 29.5 Å². The number of benzene rings is 2. The van der Waals surface area contributed by atoms with Crippen LogP contribution in [0.1, 0.15) is 27.6 Å². The molecule has 0 spiro atoms. The van der Waals surface area contributed by atoms with E-state index in [2.05, 4.69) is 4.72 Å². The summed E-state index contributed by atoms with van der Waals surface area (Å²) < 4.78 is 36.3. The maximum atomic E-state index is 12.1. The number of esters is 1. The molecule has 2 aromatic carbocycles. The molecule has 0 saturated carbocycles. The molecule has 1 N–H and O–H groups in total. The lowest BCUT2D eigenvalue weighted by Crippen LogP contribution is -2.19. The highest BCUT2D eigenvalue weighted by atomic mass is 32.2. The SMILES string of the molecule is CNS(=O)(=O)c1cccc(C(=O)OCCOc2ccccc2C(C)=O)c1. The third kappa shape index (κ3) is 4.90. The van der Waals surface area contributed by atoms with Crippen molar-refractivity contribution in [2.45, 2.75) is 11.8 Å². The first kappa shape index (κ1) is 19.6. The van der Waals surface area contributed by atoms with Gasteiger partial charge in [-0.25, -0.2) is 17.9 Å². The van der Waals surface area contributed by atoms with Crippen LogP contribution in [0.2, 0.25) is 0 Å². The molecule has 0 fully saturated rings. The Bertz CT molecular complexity index is 907. The molecule has 2 rings (SSSR count). The van der Waals surface area contributed by atoms with Crippen LogP contribution in [0.15, 0.2) is 53.4 Å². The van der Waals surface area contributed by atoms with Crippen molar-refractivity contribution in [3.05, 3.63) is 59.7 Å². The van der Waals surface area contributed by atoms with Crippen LogP contribution in [-0.4, -0.2) is 40.4 Å². The van der Waals surface area contributed by atoms with Gasteiger partial charge in [0.15, 0.2) is 5.78 Å². The van der Waals surface area contributed by atoms with E-state index >= 15 is 0 Å². The summed E-state index contributed by atoms with van der Waals surface area (Å²) in [4.78, 5) is 23.5. The highest BCUT2D eigenvalue weighted by molar-refractivity contribution is 7.89. The van der Waals surface area contributed by atoms with Crippen molar-refractivity contribution in [2.24, 2.45) is 0 Å². The summed E-state index contributed by atoms with van der Waals surface area (Å²) in [6.07, 6.45) is 0. The number of hydrogen-bond acceptors (Lipinski definition) is 6. The van der Waals surface area contributed by atoms with Crippen molar-refractivity contribution in [2.75, 3.05) is 20.3 Å². The van der Waals surface area contributed by atoms with Crippen molar-refractivity contribution in [1.29, 1.82) is 0 Å². The second-order valence-electron chi connectivity index (χ2n) is 5.27. The number of rotatable bonds is 8. The lowest BCUT2D eigenvalue weighted by atomic mass is 10.1. The average Bonchev–Trinajstić information content (AvgIpc) is 2.65. The zero-order valence-electron chi connectivity index (χ0n) is 14.4. The molecule has 0 aliphatic heterocycles. The van der Waals surface area contributed by atoms with Crippen LogP contribution in [-0.2, 0) is 14.8 Å². The Morgan fingerprint density at radius 2 is 1.77 bits per heavy atom. The summed E-state index contributed by atoms with van der Waals surface area (Å²) in [5, 5.41) is 0. The number of Topliss-reactive ketones (excluding diaryl/α,β-unsaturated/α-hetero) is 1. The molecule has 0 bridgehead atoms. The van der Waals surface area contributed by atoms with Gasteiger partial charge in [-0.3, -0.25) is 4.79 Å². The first-order valence-electron chi connectivity index (χ1n) is 7.78. The van der Waals surface area contributed by atoms with Gasteiger partial charge in [-0.15, -0.1) is 0 Å². The Labute approximate surface area is 152 Å². The summed E-state index contributed by atoms with van der Waals surface area (Å²) >= 11 is 0. The number of para-hydroxylation sites is 1. The summed E-state index contributed by atoms with van der Waals surface area (Å²) in [6.45, 7) is 1.45. The van der Waals surface area contributed by atoms with E-state index in [1.807, 2.05) is 0 Å². The van der Waals surface area contributed by atoms with Gasteiger partial charge in [0, 0.05) is 0 Å². The minimum Gasteiger partial charge on any atom is -0.489 e. The number of hydrogen-bond donors (Lipinski definition) is 1. The maximum absolute atomic E-state index is 12.1. The fourth-order valence-electron chi connectivity index (χ4n) is 2.16. The molecule has 138 valence electrons. The van der Waals surface area contributed by atoms with Gasteiger partial charge in [0.2, 0.25) is 10.0 Å². The summed E-state index contributed by atoms with van der Waals surface area (Å²) in [5.41, 5.74) is 0.564. The molecular formula is C18H19NO6S. The lowest BCUT2D eigenvalue weighted by Gasteiger charge is -2.10. The Balaban J connectivity index is 1.94. The molecule has 0 atom stereocenters. The molecule has 2 aromatic rings. The van der Waals surface area contributed by atoms with E-state index in [0.29, 0.717) is 11.3 Å². The van der Waals surface area contributed by atoms with Gasteiger partial charge in [0.25, 0.3) is 0 Å². The van der Waals surface area contributed by atoms with E-state index in [1.165, 1.54) is 38.2 Å². The van der Waals surface area contributed by atoms with Crippen LogP contribution in [0.5, 0.6) is 5.75 Å². The van der Waals surface area contributed by atoms with Crippen molar-refractivity contribution >= 4 is 21.8 Å². The standard InChI is InChI=1S/C18H19NO6S/c1-13(20)16-8-3-4-9-17(16)24-10-11-25-18(21)14-6-5-7-15(12-14)26(22,23)19-2/h3-9,12,19H,10-11H2,1-2H3. The summed E-state index contributed by atoms with van der Waals surface area (Å²) in [6, 6.07) is 12.3. The Hall–Kier alpha value is -2.71. The number of sulfonamides is 1. The van der Waals surface area contributed by atoms with Gasteiger partial charge in [0.1, 0.15) is 19.0 Å². The minimum atomic E-state index is -3.64. The average molecular weight is 377 g/mol. The number of ketones is 1. The predicted octanol–water partition coefficient (Wildman–Crippen LogP) is 2.03. The predicted molar refractivity (Wildman–Crippen MR) is 94.9 cm³/mol. The van der Waals surface area contributed by atoms with Crippen molar-refractivity contribution in [3.63, 3.8) is 0 Å². The molecule has 0 aromatic heterocycles. The Kier molecular flexibility index (Phi) is 6.48.